The van der Waals surface area contributed by atoms with E-state index in [4.69, 9.17) is 4.74 Å². The van der Waals surface area contributed by atoms with Gasteiger partial charge >= 0.3 is 5.97 Å². The lowest BCUT2D eigenvalue weighted by molar-refractivity contribution is -0.137. The minimum Gasteiger partial charge on any atom is -0.463 e. The zero-order chi connectivity index (χ0) is 16.4. The Balaban J connectivity index is 1.73. The van der Waals surface area contributed by atoms with Crippen molar-refractivity contribution in [1.29, 1.82) is 0 Å². The van der Waals surface area contributed by atoms with Gasteiger partial charge in [0.1, 0.15) is 6.17 Å². The van der Waals surface area contributed by atoms with E-state index in [1.165, 1.54) is 6.08 Å². The van der Waals surface area contributed by atoms with E-state index < -0.39 is 12.1 Å². The topological polar surface area (TPSA) is 46.6 Å². The molecule has 2 atom stereocenters. The number of hydrogen-bond acceptors (Lipinski definition) is 3. The van der Waals surface area contributed by atoms with Crippen molar-refractivity contribution in [2.75, 3.05) is 13.2 Å². The molecule has 1 heterocycles. The van der Waals surface area contributed by atoms with Crippen LogP contribution >= 0.6 is 0 Å². The third-order valence-electron chi connectivity index (χ3n) is 4.33. The van der Waals surface area contributed by atoms with Crippen molar-refractivity contribution >= 4 is 18.0 Å². The molecule has 1 aromatic rings. The summed E-state index contributed by atoms with van der Waals surface area (Å²) < 4.78 is 18.0. The van der Waals surface area contributed by atoms with Crippen LogP contribution in [0.5, 0.6) is 0 Å². The molecule has 1 aromatic carbocycles. The number of nitrogens with zero attached hydrogens (tertiary/aromatic N) is 1. The predicted molar refractivity (Wildman–Crippen MR) is 84.2 cm³/mol. The zero-order valence-electron chi connectivity index (χ0n) is 13.1. The molecule has 0 bridgehead atoms. The lowest BCUT2D eigenvalue weighted by Crippen LogP contribution is -2.37. The normalized spacial score (nSPS) is 22.8. The fraction of sp³-hybridized carbons (Fsp3) is 0.444. The van der Waals surface area contributed by atoms with Gasteiger partial charge in [0.2, 0.25) is 5.91 Å². The summed E-state index contributed by atoms with van der Waals surface area (Å²) in [4.78, 5) is 25.3. The third kappa shape index (κ3) is 3.44. The first-order valence-electron chi connectivity index (χ1n) is 7.98. The molecule has 122 valence electrons. The van der Waals surface area contributed by atoms with Gasteiger partial charge < -0.3 is 9.64 Å². The highest BCUT2D eigenvalue weighted by atomic mass is 19.1. The van der Waals surface area contributed by atoms with Crippen LogP contribution in [0.2, 0.25) is 0 Å². The molecule has 5 heteroatoms. The van der Waals surface area contributed by atoms with Gasteiger partial charge in [-0.2, -0.15) is 0 Å². The van der Waals surface area contributed by atoms with Crippen LogP contribution in [0.25, 0.3) is 6.08 Å². The number of hydrogen-bond donors (Lipinski definition) is 0. The number of carbonyl (C=O) groups excluding carboxylic acids is 2. The molecule has 4 nitrogen and oxygen atoms in total. The fourth-order valence-electron chi connectivity index (χ4n) is 2.99. The number of rotatable bonds is 4. The largest absolute Gasteiger partial charge is 0.463 e. The highest BCUT2D eigenvalue weighted by molar-refractivity contribution is 5.87. The second-order valence-electron chi connectivity index (χ2n) is 5.94. The van der Waals surface area contributed by atoms with Gasteiger partial charge in [0, 0.05) is 19.2 Å². The molecule has 0 spiro atoms. The molecule has 1 aliphatic heterocycles. The Morgan fingerprint density at radius 1 is 1.43 bits per heavy atom. The molecule has 1 amide bonds. The number of alkyl halides is 1. The molecule has 0 saturated heterocycles. The number of halogens is 1. The summed E-state index contributed by atoms with van der Waals surface area (Å²) in [6, 6.07) is 5.84. The second kappa shape index (κ2) is 6.52. The molecule has 1 saturated carbocycles. The maximum atomic E-state index is 13.1. The van der Waals surface area contributed by atoms with Crippen LogP contribution in [0.1, 0.15) is 30.0 Å². The van der Waals surface area contributed by atoms with E-state index in [0.717, 1.165) is 16.7 Å². The summed E-state index contributed by atoms with van der Waals surface area (Å²) in [5.74, 6) is -0.862. The van der Waals surface area contributed by atoms with Crippen molar-refractivity contribution in [3.63, 3.8) is 0 Å². The maximum absolute atomic E-state index is 13.1. The van der Waals surface area contributed by atoms with Crippen LogP contribution in [0.3, 0.4) is 0 Å². The monoisotopic (exact) mass is 317 g/mol. The van der Waals surface area contributed by atoms with Gasteiger partial charge in [-0.3, -0.25) is 4.79 Å². The van der Waals surface area contributed by atoms with Crippen molar-refractivity contribution in [2.24, 2.45) is 5.92 Å². The Kier molecular flexibility index (Phi) is 4.46. The number of carbonyl (C=O) groups is 2. The minimum absolute atomic E-state index is 0.0735. The van der Waals surface area contributed by atoms with Crippen LogP contribution in [0.15, 0.2) is 24.3 Å². The van der Waals surface area contributed by atoms with Gasteiger partial charge in [-0.25, -0.2) is 9.18 Å². The van der Waals surface area contributed by atoms with E-state index in [1.54, 1.807) is 17.9 Å². The van der Waals surface area contributed by atoms with E-state index in [0.29, 0.717) is 32.5 Å². The summed E-state index contributed by atoms with van der Waals surface area (Å²) in [5.41, 5.74) is 3.17. The van der Waals surface area contributed by atoms with Crippen LogP contribution in [-0.2, 0) is 27.3 Å². The van der Waals surface area contributed by atoms with E-state index in [-0.39, 0.29) is 11.9 Å². The summed E-state index contributed by atoms with van der Waals surface area (Å²) >= 11 is 0. The van der Waals surface area contributed by atoms with Gasteiger partial charge in [0.25, 0.3) is 0 Å². The first-order valence-corrected chi connectivity index (χ1v) is 7.98. The average molecular weight is 317 g/mol. The maximum Gasteiger partial charge on any atom is 0.330 e. The van der Waals surface area contributed by atoms with E-state index in [1.807, 2.05) is 18.2 Å². The SMILES string of the molecule is CCOC(=O)C=Cc1cccc2c1CCN(C(=O)[C@@H]1C[C@@H]1F)C2. The van der Waals surface area contributed by atoms with Crippen molar-refractivity contribution < 1.29 is 18.7 Å². The third-order valence-corrected chi connectivity index (χ3v) is 4.33. The predicted octanol–water partition coefficient (Wildman–Crippen LogP) is 2.51. The van der Waals surface area contributed by atoms with Crippen LogP contribution in [0.4, 0.5) is 4.39 Å². The number of esters is 1. The van der Waals surface area contributed by atoms with Crippen molar-refractivity contribution in [2.45, 2.75) is 32.5 Å². The first-order chi connectivity index (χ1) is 11.1. The van der Waals surface area contributed by atoms with Crippen molar-refractivity contribution in [1.82, 2.24) is 4.90 Å². The fourth-order valence-corrected chi connectivity index (χ4v) is 2.99. The standard InChI is InChI=1S/C18H20FNO3/c1-2-23-17(21)7-6-12-4-3-5-13-11-20(9-8-14(12)13)18(22)15-10-16(15)19/h3-7,15-16H,2,8-11H2,1H3/t15-,16+/m1/s1. The Hall–Kier alpha value is -2.17. The Morgan fingerprint density at radius 3 is 2.91 bits per heavy atom. The molecule has 0 radical (unpaired) electrons. The minimum atomic E-state index is -0.956. The van der Waals surface area contributed by atoms with Gasteiger partial charge in [-0.15, -0.1) is 0 Å². The smallest absolute Gasteiger partial charge is 0.330 e. The molecular weight excluding hydrogens is 297 g/mol. The van der Waals surface area contributed by atoms with Crippen molar-refractivity contribution in [3.8, 4) is 0 Å². The van der Waals surface area contributed by atoms with Crippen LogP contribution in [-0.4, -0.2) is 36.1 Å². The number of amides is 1. The molecular formula is C18H20FNO3. The first kappa shape index (κ1) is 15.7. The molecule has 3 rings (SSSR count). The average Bonchev–Trinajstić information content (AvgIpc) is 3.28. The summed E-state index contributed by atoms with van der Waals surface area (Å²) in [7, 11) is 0. The molecule has 0 N–H and O–H groups in total. The lowest BCUT2D eigenvalue weighted by atomic mass is 9.94. The van der Waals surface area contributed by atoms with Gasteiger partial charge in [-0.05, 0) is 42.5 Å². The lowest BCUT2D eigenvalue weighted by Gasteiger charge is -2.30. The summed E-state index contributed by atoms with van der Waals surface area (Å²) in [6.45, 7) is 3.23. The second-order valence-corrected chi connectivity index (χ2v) is 5.94. The number of ether oxygens (including phenoxy) is 1. The van der Waals surface area contributed by atoms with Crippen molar-refractivity contribution in [3.05, 3.63) is 41.0 Å². The van der Waals surface area contributed by atoms with Gasteiger partial charge in [-0.1, -0.05) is 18.2 Å². The van der Waals surface area contributed by atoms with Crippen LogP contribution < -0.4 is 0 Å². The zero-order valence-corrected chi connectivity index (χ0v) is 13.1. The van der Waals surface area contributed by atoms with Gasteiger partial charge in [0.05, 0.1) is 12.5 Å². The molecule has 0 unspecified atom stereocenters. The van der Waals surface area contributed by atoms with Crippen LogP contribution in [0, 0.1) is 5.92 Å². The Morgan fingerprint density at radius 2 is 2.22 bits per heavy atom. The molecule has 2 aliphatic rings. The molecule has 1 aliphatic carbocycles. The molecule has 0 aromatic heterocycles. The highest BCUT2D eigenvalue weighted by Crippen LogP contribution is 2.36. The number of fused-ring (bicyclic) bond motifs is 1. The quantitative estimate of drug-likeness (QED) is 0.633. The molecule has 23 heavy (non-hydrogen) atoms. The van der Waals surface area contributed by atoms with Gasteiger partial charge in [0.15, 0.2) is 0 Å². The summed E-state index contributed by atoms with van der Waals surface area (Å²) in [6.07, 6.45) is 3.31. The van der Waals surface area contributed by atoms with E-state index in [9.17, 15) is 14.0 Å². The highest BCUT2D eigenvalue weighted by Gasteiger charge is 2.46. The Bertz CT molecular complexity index is 656. The van der Waals surface area contributed by atoms with E-state index >= 15 is 0 Å². The molecule has 1 fully saturated rings. The Labute approximate surface area is 134 Å². The van der Waals surface area contributed by atoms with E-state index in [2.05, 4.69) is 0 Å². The summed E-state index contributed by atoms with van der Waals surface area (Å²) in [5, 5.41) is 0. The number of benzene rings is 1.